The molecular formula is C34H38BrN3O4S. The van der Waals surface area contributed by atoms with Gasteiger partial charge in [-0.15, -0.1) is 11.3 Å². The minimum atomic E-state index is -0.648. The van der Waals surface area contributed by atoms with Crippen LogP contribution in [0.4, 0.5) is 5.69 Å². The van der Waals surface area contributed by atoms with E-state index in [1.807, 2.05) is 62.4 Å². The second-order valence-electron chi connectivity index (χ2n) is 11.9. The van der Waals surface area contributed by atoms with Gasteiger partial charge in [0.2, 0.25) is 11.8 Å². The van der Waals surface area contributed by atoms with Gasteiger partial charge in [0.15, 0.2) is 0 Å². The fraction of sp³-hybridized carbons (Fsp3) is 0.353. The average molecular weight is 665 g/mol. The molecule has 7 nitrogen and oxygen atoms in total. The minimum absolute atomic E-state index is 0.0355. The van der Waals surface area contributed by atoms with Gasteiger partial charge in [0.1, 0.15) is 6.04 Å². The van der Waals surface area contributed by atoms with E-state index >= 15 is 0 Å². The molecule has 5 rings (SSSR count). The summed E-state index contributed by atoms with van der Waals surface area (Å²) in [5, 5.41) is 26.8. The summed E-state index contributed by atoms with van der Waals surface area (Å²) in [6.45, 7) is 6.24. The number of halogens is 1. The Labute approximate surface area is 265 Å². The van der Waals surface area contributed by atoms with Crippen molar-refractivity contribution in [2.24, 2.45) is 0 Å². The fourth-order valence-electron chi connectivity index (χ4n) is 5.59. The topological polar surface area (TPSA) is 102 Å². The number of carbonyl (C=O) groups excluding carboxylic acids is 2. The van der Waals surface area contributed by atoms with Crippen molar-refractivity contribution >= 4 is 54.9 Å². The zero-order valence-electron chi connectivity index (χ0n) is 24.7. The molecule has 1 aliphatic rings. The number of aliphatic hydroxyl groups is 2. The molecule has 43 heavy (non-hydrogen) atoms. The number of amides is 2. The van der Waals surface area contributed by atoms with Crippen molar-refractivity contribution in [3.05, 3.63) is 87.9 Å². The van der Waals surface area contributed by atoms with Crippen LogP contribution in [0.15, 0.2) is 71.2 Å². The Hall–Kier alpha value is -3.08. The Bertz CT molecular complexity index is 1630. The van der Waals surface area contributed by atoms with E-state index in [2.05, 4.69) is 44.8 Å². The van der Waals surface area contributed by atoms with Gasteiger partial charge in [-0.05, 0) is 90.0 Å². The van der Waals surface area contributed by atoms with Gasteiger partial charge in [-0.25, -0.2) is 0 Å². The van der Waals surface area contributed by atoms with Crippen LogP contribution in [0.3, 0.4) is 0 Å². The lowest BCUT2D eigenvalue weighted by Crippen LogP contribution is -2.51. The number of β-amino-alcohol motifs (C(OH)–C–C–N with tert-alkyl or cyclic N) is 1. The molecule has 0 bridgehead atoms. The Morgan fingerprint density at radius 3 is 2.65 bits per heavy atom. The van der Waals surface area contributed by atoms with Gasteiger partial charge in [0, 0.05) is 38.8 Å². The summed E-state index contributed by atoms with van der Waals surface area (Å²) in [6, 6.07) is 21.4. The summed E-state index contributed by atoms with van der Waals surface area (Å²) in [7, 11) is 0. The van der Waals surface area contributed by atoms with Gasteiger partial charge >= 0.3 is 0 Å². The highest BCUT2D eigenvalue weighted by molar-refractivity contribution is 9.10. The normalized spacial score (nSPS) is 16.2. The fourth-order valence-corrected chi connectivity index (χ4v) is 7.65. The summed E-state index contributed by atoms with van der Waals surface area (Å²) in [6.07, 6.45) is 0.855. The first kappa shape index (κ1) is 31.3. The smallest absolute Gasteiger partial charge is 0.249 e. The highest BCUT2D eigenvalue weighted by Crippen LogP contribution is 2.44. The molecule has 1 aromatic heterocycles. The molecule has 0 aliphatic carbocycles. The summed E-state index contributed by atoms with van der Waals surface area (Å²) in [4.78, 5) is 30.0. The summed E-state index contributed by atoms with van der Waals surface area (Å²) in [5.74, 6) is -0.332. The third-order valence-corrected chi connectivity index (χ3v) is 10.1. The summed E-state index contributed by atoms with van der Waals surface area (Å²) < 4.78 is 2.08. The molecular weight excluding hydrogens is 626 g/mol. The highest BCUT2D eigenvalue weighted by Gasteiger charge is 2.33. The molecule has 2 heterocycles. The molecule has 226 valence electrons. The van der Waals surface area contributed by atoms with E-state index in [1.165, 1.54) is 0 Å². The van der Waals surface area contributed by atoms with Crippen molar-refractivity contribution < 1.29 is 19.8 Å². The molecule has 0 saturated heterocycles. The number of hydrogen-bond donors (Lipinski definition) is 4. The molecule has 2 amide bonds. The van der Waals surface area contributed by atoms with Gasteiger partial charge in [-0.3, -0.25) is 9.59 Å². The van der Waals surface area contributed by atoms with Crippen LogP contribution in [0.25, 0.3) is 20.5 Å². The maximum Gasteiger partial charge on any atom is 0.249 e. The van der Waals surface area contributed by atoms with E-state index in [0.717, 1.165) is 47.4 Å². The van der Waals surface area contributed by atoms with Crippen LogP contribution >= 0.6 is 27.3 Å². The molecule has 0 radical (unpaired) electrons. The summed E-state index contributed by atoms with van der Waals surface area (Å²) >= 11 is 5.49. The number of aryl methyl sites for hydroxylation is 1. The number of fused-ring (bicyclic) bond motifs is 2. The van der Waals surface area contributed by atoms with Crippen molar-refractivity contribution in [3.63, 3.8) is 0 Å². The standard InChI is InChI=1S/C34H38BrN3O4S/c1-21(40)18-36-34(2,3)17-30(41)37-27-14-13-23-8-5-7-11-28(23)38(33(27)42)19-22-12-15-29-26(16-22)31(35)32(43-29)25-10-6-4-9-24(25)20-39/h4-12,15-16,21,27,36,39-40H,13-14,17-20H2,1-3H3,(H,37,41)/t21-,27-/m1/s1. The highest BCUT2D eigenvalue weighted by atomic mass is 79.9. The number of aliphatic hydroxyl groups excluding tert-OH is 2. The molecule has 9 heteroatoms. The maximum atomic E-state index is 14.1. The van der Waals surface area contributed by atoms with Crippen LogP contribution in [0.1, 0.15) is 50.3 Å². The van der Waals surface area contributed by atoms with E-state index in [-0.39, 0.29) is 24.8 Å². The van der Waals surface area contributed by atoms with Crippen LogP contribution in [0, 0.1) is 0 Å². The number of benzene rings is 3. The molecule has 4 N–H and O–H groups in total. The number of anilines is 1. The monoisotopic (exact) mass is 663 g/mol. The molecule has 2 atom stereocenters. The predicted molar refractivity (Wildman–Crippen MR) is 177 cm³/mol. The first-order chi connectivity index (χ1) is 20.6. The third-order valence-electron chi connectivity index (χ3n) is 7.83. The van der Waals surface area contributed by atoms with Crippen LogP contribution in [-0.2, 0) is 29.2 Å². The number of nitrogens with zero attached hydrogens (tertiary/aromatic N) is 1. The molecule has 0 unspecified atom stereocenters. The first-order valence-corrected chi connectivity index (χ1v) is 16.2. The molecule has 1 aliphatic heterocycles. The number of hydrogen-bond acceptors (Lipinski definition) is 6. The van der Waals surface area contributed by atoms with Crippen molar-refractivity contribution in [3.8, 4) is 10.4 Å². The zero-order chi connectivity index (χ0) is 30.7. The largest absolute Gasteiger partial charge is 0.392 e. The van der Waals surface area contributed by atoms with Crippen molar-refractivity contribution in [2.75, 3.05) is 11.4 Å². The van der Waals surface area contributed by atoms with Crippen LogP contribution in [0.2, 0.25) is 0 Å². The van der Waals surface area contributed by atoms with Crippen LogP contribution < -0.4 is 15.5 Å². The van der Waals surface area contributed by atoms with E-state index in [1.54, 1.807) is 23.2 Å². The number of thiophene rings is 1. The Morgan fingerprint density at radius 2 is 1.88 bits per heavy atom. The average Bonchev–Trinajstić information content (AvgIpc) is 3.25. The lowest BCUT2D eigenvalue weighted by Gasteiger charge is -2.29. The predicted octanol–water partition coefficient (Wildman–Crippen LogP) is 5.93. The van der Waals surface area contributed by atoms with E-state index in [9.17, 15) is 19.8 Å². The lowest BCUT2D eigenvalue weighted by molar-refractivity contribution is -0.128. The Kier molecular flexibility index (Phi) is 9.68. The molecule has 4 aromatic rings. The third kappa shape index (κ3) is 7.19. The van der Waals surface area contributed by atoms with Crippen molar-refractivity contribution in [1.82, 2.24) is 10.6 Å². The summed E-state index contributed by atoms with van der Waals surface area (Å²) in [5.41, 5.74) is 4.26. The van der Waals surface area contributed by atoms with E-state index in [0.29, 0.717) is 25.9 Å². The Balaban J connectivity index is 1.41. The van der Waals surface area contributed by atoms with Gasteiger partial charge in [0.05, 0.1) is 24.1 Å². The quantitative estimate of drug-likeness (QED) is 0.169. The molecule has 0 spiro atoms. The van der Waals surface area contributed by atoms with Gasteiger partial charge in [-0.1, -0.05) is 48.5 Å². The second-order valence-corrected chi connectivity index (χ2v) is 13.7. The van der Waals surface area contributed by atoms with Gasteiger partial charge in [-0.2, -0.15) is 0 Å². The molecule has 0 saturated carbocycles. The van der Waals surface area contributed by atoms with Crippen molar-refractivity contribution in [2.45, 2.75) is 70.9 Å². The van der Waals surface area contributed by atoms with Gasteiger partial charge < -0.3 is 25.7 Å². The molecule has 3 aromatic carbocycles. The Morgan fingerprint density at radius 1 is 1.14 bits per heavy atom. The zero-order valence-corrected chi connectivity index (χ0v) is 27.1. The first-order valence-electron chi connectivity index (χ1n) is 14.6. The second kappa shape index (κ2) is 13.3. The van der Waals surface area contributed by atoms with Crippen LogP contribution in [0.5, 0.6) is 0 Å². The van der Waals surface area contributed by atoms with Gasteiger partial charge in [0.25, 0.3) is 0 Å². The van der Waals surface area contributed by atoms with Crippen molar-refractivity contribution in [1.29, 1.82) is 0 Å². The number of nitrogens with one attached hydrogen (secondary N) is 2. The number of para-hydroxylation sites is 1. The van der Waals surface area contributed by atoms with Crippen LogP contribution in [-0.4, -0.2) is 46.3 Å². The number of carbonyl (C=O) groups is 2. The lowest BCUT2D eigenvalue weighted by atomic mass is 9.99. The number of rotatable bonds is 10. The van der Waals surface area contributed by atoms with E-state index < -0.39 is 17.7 Å². The maximum absolute atomic E-state index is 14.1. The molecule has 0 fully saturated rings. The SMILES string of the molecule is C[C@@H](O)CNC(C)(C)CC(=O)N[C@@H]1CCc2ccccc2N(Cc2ccc3sc(-c4ccccc4CO)c(Br)c3c2)C1=O. The van der Waals surface area contributed by atoms with E-state index in [4.69, 9.17) is 0 Å². The minimum Gasteiger partial charge on any atom is -0.392 e.